The van der Waals surface area contributed by atoms with Crippen molar-refractivity contribution in [3.8, 4) is 17.2 Å². The first-order valence-electron chi connectivity index (χ1n) is 12.2. The van der Waals surface area contributed by atoms with Gasteiger partial charge >= 0.3 is 0 Å². The second-order valence-electron chi connectivity index (χ2n) is 9.63. The number of nitrogens with one attached hydrogen (secondary N) is 1. The number of carbonyl (C=O) groups excluding carboxylic acids is 3. The molecule has 0 bridgehead atoms. The van der Waals surface area contributed by atoms with Gasteiger partial charge in [-0.2, -0.15) is 0 Å². The standard InChI is InChI=1S/C28H27ClN2O7/c1-13-11-18(32)21(14(2)30-17-10-9-15-7-5-6-8-16(15)31-27(17)35)25(33)28(13)26(34)22-19(36-3)12-20(37-4)23(29)24(22)38-28/h5-8,12-13,17,33H,9-11H2,1-4H3,(H,31,35)/t13-,17?,28+/m1/s1. The number of anilines is 1. The molecule has 1 amide bonds. The minimum Gasteiger partial charge on any atom is -0.507 e. The molecule has 0 radical (unpaired) electrons. The predicted molar refractivity (Wildman–Crippen MR) is 141 cm³/mol. The van der Waals surface area contributed by atoms with Crippen LogP contribution in [0.1, 0.15) is 42.6 Å². The lowest BCUT2D eigenvalue weighted by atomic mass is 9.72. The predicted octanol–water partition coefficient (Wildman–Crippen LogP) is 4.51. The van der Waals surface area contributed by atoms with Crippen molar-refractivity contribution < 1.29 is 33.7 Å². The van der Waals surface area contributed by atoms with E-state index >= 15 is 0 Å². The number of ether oxygens (including phenoxy) is 3. The highest BCUT2D eigenvalue weighted by atomic mass is 35.5. The smallest absolute Gasteiger partial charge is 0.249 e. The van der Waals surface area contributed by atoms with Crippen LogP contribution >= 0.6 is 11.6 Å². The maximum atomic E-state index is 13.9. The topological polar surface area (TPSA) is 124 Å². The molecule has 0 saturated carbocycles. The van der Waals surface area contributed by atoms with E-state index in [0.717, 1.165) is 11.3 Å². The largest absolute Gasteiger partial charge is 0.507 e. The quantitative estimate of drug-likeness (QED) is 0.549. The summed E-state index contributed by atoms with van der Waals surface area (Å²) in [5.41, 5.74) is -0.132. The van der Waals surface area contributed by atoms with E-state index in [2.05, 4.69) is 10.3 Å². The van der Waals surface area contributed by atoms with Gasteiger partial charge in [0.05, 0.1) is 19.8 Å². The number of hydrogen-bond acceptors (Lipinski definition) is 8. The second-order valence-corrected chi connectivity index (χ2v) is 10.0. The molecular weight excluding hydrogens is 512 g/mol. The number of halogens is 1. The second kappa shape index (κ2) is 9.47. The highest BCUT2D eigenvalue weighted by Gasteiger charge is 2.61. The van der Waals surface area contributed by atoms with Crippen LogP contribution in [0, 0.1) is 5.92 Å². The molecule has 198 valence electrons. The van der Waals surface area contributed by atoms with Crippen LogP contribution in [0.15, 0.2) is 46.7 Å². The number of methoxy groups -OCH3 is 2. The Balaban J connectivity index is 1.58. The van der Waals surface area contributed by atoms with Crippen LogP contribution in [0.2, 0.25) is 5.02 Å². The van der Waals surface area contributed by atoms with Crippen LogP contribution in [-0.4, -0.2) is 54.2 Å². The third kappa shape index (κ3) is 3.75. The molecule has 2 N–H and O–H groups in total. The summed E-state index contributed by atoms with van der Waals surface area (Å²) >= 11 is 6.48. The summed E-state index contributed by atoms with van der Waals surface area (Å²) in [5.74, 6) is -2.18. The van der Waals surface area contributed by atoms with E-state index in [0.29, 0.717) is 12.8 Å². The number of amides is 1. The SMILES string of the molecule is COc1cc(OC)c2c(c1Cl)O[C@]1(C2=O)C(O)=C(C(C)=NC2CCc3ccccc3NC2=O)C(=O)C[C@H]1C. The molecule has 1 unspecified atom stereocenters. The first-order chi connectivity index (χ1) is 18.1. The summed E-state index contributed by atoms with van der Waals surface area (Å²) < 4.78 is 16.9. The highest BCUT2D eigenvalue weighted by molar-refractivity contribution is 6.35. The lowest BCUT2D eigenvalue weighted by molar-refractivity contribution is -0.119. The number of nitrogens with zero attached hydrogens (tertiary/aromatic N) is 1. The lowest BCUT2D eigenvalue weighted by Gasteiger charge is -2.37. The fourth-order valence-electron chi connectivity index (χ4n) is 5.45. The van der Waals surface area contributed by atoms with Crippen molar-refractivity contribution in [1.29, 1.82) is 0 Å². The number of hydrogen-bond donors (Lipinski definition) is 2. The molecule has 3 atom stereocenters. The van der Waals surface area contributed by atoms with Crippen molar-refractivity contribution in [3.63, 3.8) is 0 Å². The molecule has 5 rings (SSSR count). The molecule has 3 aliphatic rings. The van der Waals surface area contributed by atoms with E-state index in [9.17, 15) is 19.5 Å². The summed E-state index contributed by atoms with van der Waals surface area (Å²) in [6.45, 7) is 3.19. The molecule has 9 nitrogen and oxygen atoms in total. The van der Waals surface area contributed by atoms with E-state index in [1.165, 1.54) is 20.3 Å². The maximum absolute atomic E-state index is 13.9. The summed E-state index contributed by atoms with van der Waals surface area (Å²) in [5, 5.41) is 14.5. The van der Waals surface area contributed by atoms with Crippen molar-refractivity contribution in [3.05, 3.63) is 57.8 Å². The zero-order valence-electron chi connectivity index (χ0n) is 21.4. The Hall–Kier alpha value is -3.85. The zero-order chi connectivity index (χ0) is 27.4. The van der Waals surface area contributed by atoms with Crippen molar-refractivity contribution in [2.75, 3.05) is 19.5 Å². The average Bonchev–Trinajstić information content (AvgIpc) is 3.11. The Morgan fingerprint density at radius 1 is 1.18 bits per heavy atom. The third-order valence-corrected chi connectivity index (χ3v) is 7.81. The van der Waals surface area contributed by atoms with Crippen LogP contribution in [-0.2, 0) is 16.0 Å². The van der Waals surface area contributed by atoms with Gasteiger partial charge in [0.15, 0.2) is 17.3 Å². The van der Waals surface area contributed by atoms with Crippen LogP contribution in [0.3, 0.4) is 0 Å². The first-order valence-corrected chi connectivity index (χ1v) is 12.6. The van der Waals surface area contributed by atoms with Gasteiger partial charge in [-0.3, -0.25) is 19.4 Å². The molecule has 2 heterocycles. The molecule has 38 heavy (non-hydrogen) atoms. The number of ketones is 2. The molecular formula is C28H27ClN2O7. The van der Waals surface area contributed by atoms with Gasteiger partial charge in [-0.05, 0) is 31.4 Å². The molecule has 2 aromatic carbocycles. The van der Waals surface area contributed by atoms with Gasteiger partial charge in [0.25, 0.3) is 0 Å². The van der Waals surface area contributed by atoms with Crippen molar-refractivity contribution in [2.45, 2.75) is 44.8 Å². The number of fused-ring (bicyclic) bond motifs is 2. The molecule has 2 aromatic rings. The van der Waals surface area contributed by atoms with E-state index in [1.807, 2.05) is 24.3 Å². The summed E-state index contributed by atoms with van der Waals surface area (Å²) in [6, 6.07) is 8.18. The summed E-state index contributed by atoms with van der Waals surface area (Å²) in [4.78, 5) is 44.6. The van der Waals surface area contributed by atoms with Gasteiger partial charge in [-0.25, -0.2) is 0 Å². The van der Waals surface area contributed by atoms with Crippen molar-refractivity contribution in [1.82, 2.24) is 0 Å². The fourth-order valence-corrected chi connectivity index (χ4v) is 5.72. The van der Waals surface area contributed by atoms with Gasteiger partial charge in [0.2, 0.25) is 17.3 Å². The Labute approximate surface area is 224 Å². The number of aryl methyl sites for hydroxylation is 1. The third-order valence-electron chi connectivity index (χ3n) is 7.45. The lowest BCUT2D eigenvalue weighted by Crippen LogP contribution is -2.53. The number of aliphatic hydroxyl groups excluding tert-OH is 1. The van der Waals surface area contributed by atoms with Crippen LogP contribution in [0.4, 0.5) is 5.69 Å². The first kappa shape index (κ1) is 25.8. The Morgan fingerprint density at radius 2 is 1.89 bits per heavy atom. The maximum Gasteiger partial charge on any atom is 0.249 e. The van der Waals surface area contributed by atoms with E-state index in [-0.39, 0.29) is 51.4 Å². The monoisotopic (exact) mass is 538 g/mol. The minimum absolute atomic E-state index is 0.00969. The highest BCUT2D eigenvalue weighted by Crippen LogP contribution is 2.54. The van der Waals surface area contributed by atoms with Crippen LogP contribution < -0.4 is 19.5 Å². The molecule has 0 saturated heterocycles. The van der Waals surface area contributed by atoms with Crippen molar-refractivity contribution >= 4 is 40.5 Å². The number of allylic oxidation sites excluding steroid dienone is 1. The number of Topliss-reactive ketones (excluding diaryl/α,β-unsaturated/α-hetero) is 2. The van der Waals surface area contributed by atoms with E-state index in [4.69, 9.17) is 25.8 Å². The summed E-state index contributed by atoms with van der Waals surface area (Å²) in [6.07, 6.45) is 0.927. The zero-order valence-corrected chi connectivity index (χ0v) is 22.1. The van der Waals surface area contributed by atoms with E-state index in [1.54, 1.807) is 13.8 Å². The number of aliphatic hydroxyl groups is 1. The molecule has 0 aromatic heterocycles. The van der Waals surface area contributed by atoms with Gasteiger partial charge in [-0.1, -0.05) is 36.7 Å². The number of aliphatic imine (C=N–C) groups is 1. The Kier molecular flexibility index (Phi) is 6.43. The number of para-hydroxylation sites is 1. The Morgan fingerprint density at radius 3 is 2.61 bits per heavy atom. The average molecular weight is 539 g/mol. The molecule has 0 fully saturated rings. The minimum atomic E-state index is -1.91. The molecule has 1 aliphatic carbocycles. The van der Waals surface area contributed by atoms with Gasteiger partial charge in [-0.15, -0.1) is 0 Å². The van der Waals surface area contributed by atoms with Crippen LogP contribution in [0.25, 0.3) is 0 Å². The fraction of sp³-hybridized carbons (Fsp3) is 0.357. The molecule has 10 heteroatoms. The van der Waals surface area contributed by atoms with Crippen molar-refractivity contribution in [2.24, 2.45) is 10.9 Å². The Bertz CT molecular complexity index is 1450. The van der Waals surface area contributed by atoms with Crippen LogP contribution in [0.5, 0.6) is 17.2 Å². The number of rotatable bonds is 4. The number of carbonyl (C=O) groups is 3. The molecule has 2 aliphatic heterocycles. The summed E-state index contributed by atoms with van der Waals surface area (Å²) in [7, 11) is 2.81. The van der Waals surface area contributed by atoms with Gasteiger partial charge in [0, 0.05) is 29.8 Å². The number of benzene rings is 2. The van der Waals surface area contributed by atoms with Gasteiger partial charge < -0.3 is 24.6 Å². The van der Waals surface area contributed by atoms with Gasteiger partial charge in [0.1, 0.15) is 28.1 Å². The van der Waals surface area contributed by atoms with E-state index < -0.39 is 34.9 Å². The molecule has 1 spiro atoms. The normalized spacial score (nSPS) is 25.0.